The average molecular weight is 210 g/mol. The molecule has 0 aromatic rings. The van der Waals surface area contributed by atoms with Crippen LogP contribution in [0.3, 0.4) is 0 Å². The molecule has 0 saturated heterocycles. The Kier molecular flexibility index (Phi) is 9.75. The van der Waals surface area contributed by atoms with Gasteiger partial charge in [-0.25, -0.2) is 0 Å². The third-order valence-corrected chi connectivity index (χ3v) is 2.69. The zero-order chi connectivity index (χ0) is 11.5. The number of hydrogen-bond donors (Lipinski definition) is 1. The van der Waals surface area contributed by atoms with E-state index in [0.717, 1.165) is 12.8 Å². The summed E-state index contributed by atoms with van der Waals surface area (Å²) >= 11 is 0. The van der Waals surface area contributed by atoms with Gasteiger partial charge in [-0.2, -0.15) is 0 Å². The number of carboxylic acid groups (broad SMARTS) is 1. The molecule has 0 saturated carbocycles. The van der Waals surface area contributed by atoms with Crippen LogP contribution in [0.4, 0.5) is 0 Å². The second-order valence-electron chi connectivity index (χ2n) is 4.21. The SMILES string of the molecule is [B]C(CCCCCCCCCC)C(=O)O. The molecule has 86 valence electrons. The molecule has 0 spiro atoms. The molecule has 1 atom stereocenters. The van der Waals surface area contributed by atoms with Crippen molar-refractivity contribution in [1.29, 1.82) is 0 Å². The summed E-state index contributed by atoms with van der Waals surface area (Å²) in [6.45, 7) is 2.22. The summed E-state index contributed by atoms with van der Waals surface area (Å²) in [4.78, 5) is 10.4. The minimum Gasteiger partial charge on any atom is -0.482 e. The van der Waals surface area contributed by atoms with Crippen LogP contribution in [0.15, 0.2) is 0 Å². The summed E-state index contributed by atoms with van der Waals surface area (Å²) in [5.41, 5.74) is 0. The van der Waals surface area contributed by atoms with Gasteiger partial charge in [-0.15, -0.1) is 0 Å². The van der Waals surface area contributed by atoms with E-state index >= 15 is 0 Å². The molecule has 0 bridgehead atoms. The van der Waals surface area contributed by atoms with E-state index in [1.54, 1.807) is 0 Å². The highest BCUT2D eigenvalue weighted by Crippen LogP contribution is 2.14. The van der Waals surface area contributed by atoms with Crippen LogP contribution >= 0.6 is 0 Å². The molecule has 1 N–H and O–H groups in total. The molecule has 0 aromatic carbocycles. The number of aliphatic carboxylic acids is 1. The molecule has 0 fully saturated rings. The van der Waals surface area contributed by atoms with E-state index in [1.165, 1.54) is 38.5 Å². The zero-order valence-electron chi connectivity index (χ0n) is 9.87. The van der Waals surface area contributed by atoms with E-state index in [0.29, 0.717) is 6.42 Å². The van der Waals surface area contributed by atoms with Crippen LogP contribution in [0.5, 0.6) is 0 Å². The summed E-state index contributed by atoms with van der Waals surface area (Å²) in [6, 6.07) is 0. The first-order valence-corrected chi connectivity index (χ1v) is 6.17. The molecule has 0 heterocycles. The lowest BCUT2D eigenvalue weighted by Crippen LogP contribution is -2.06. The van der Waals surface area contributed by atoms with E-state index in [1.807, 2.05) is 0 Å². The smallest absolute Gasteiger partial charge is 0.297 e. The standard InChI is InChI=1S/C12H23BO2/c1-2-3-4-5-6-7-8-9-10-11(13)12(14)15/h11H,2-10H2,1H3,(H,14,15). The second kappa shape index (κ2) is 10.1. The van der Waals surface area contributed by atoms with Crippen LogP contribution in [0.2, 0.25) is 5.82 Å². The molecule has 0 aliphatic heterocycles. The van der Waals surface area contributed by atoms with E-state index in [4.69, 9.17) is 13.0 Å². The number of carboxylic acids is 1. The van der Waals surface area contributed by atoms with Gasteiger partial charge in [0.2, 0.25) is 0 Å². The molecule has 0 rings (SSSR count). The molecule has 0 aliphatic carbocycles. The molecule has 1 unspecified atom stereocenters. The Labute approximate surface area is 94.9 Å². The fourth-order valence-corrected chi connectivity index (χ4v) is 1.62. The van der Waals surface area contributed by atoms with Crippen molar-refractivity contribution >= 4 is 13.8 Å². The summed E-state index contributed by atoms with van der Waals surface area (Å²) in [5, 5.41) is 8.56. The topological polar surface area (TPSA) is 37.3 Å². The fraction of sp³-hybridized carbons (Fsp3) is 0.917. The number of rotatable bonds is 10. The lowest BCUT2D eigenvalue weighted by molar-refractivity contribution is -0.137. The van der Waals surface area contributed by atoms with Crippen LogP contribution in [0, 0.1) is 0 Å². The fourth-order valence-electron chi connectivity index (χ4n) is 1.62. The van der Waals surface area contributed by atoms with Crippen molar-refractivity contribution in [3.63, 3.8) is 0 Å². The first-order chi connectivity index (χ1) is 7.18. The molecule has 0 amide bonds. The lowest BCUT2D eigenvalue weighted by Gasteiger charge is -2.05. The Morgan fingerprint density at radius 3 is 2.00 bits per heavy atom. The van der Waals surface area contributed by atoms with Crippen LogP contribution in [0.25, 0.3) is 0 Å². The number of hydrogen-bond acceptors (Lipinski definition) is 1. The van der Waals surface area contributed by atoms with E-state index in [9.17, 15) is 4.79 Å². The average Bonchev–Trinajstić information content (AvgIpc) is 2.21. The van der Waals surface area contributed by atoms with E-state index < -0.39 is 11.8 Å². The lowest BCUT2D eigenvalue weighted by atomic mass is 9.83. The van der Waals surface area contributed by atoms with Gasteiger partial charge in [-0.3, -0.25) is 4.79 Å². The maximum absolute atomic E-state index is 10.4. The Balaban J connectivity index is 3.08. The van der Waals surface area contributed by atoms with E-state index in [2.05, 4.69) is 6.92 Å². The molecule has 3 heteroatoms. The number of unbranched alkanes of at least 4 members (excludes halogenated alkanes) is 7. The van der Waals surface area contributed by atoms with Gasteiger partial charge in [0.15, 0.2) is 0 Å². The van der Waals surface area contributed by atoms with Gasteiger partial charge < -0.3 is 5.11 Å². The van der Waals surface area contributed by atoms with Crippen LogP contribution in [-0.2, 0) is 4.79 Å². The van der Waals surface area contributed by atoms with Crippen molar-refractivity contribution in [2.75, 3.05) is 0 Å². The summed E-state index contributed by atoms with van der Waals surface area (Å²) in [5.74, 6) is -1.54. The highest BCUT2D eigenvalue weighted by molar-refractivity contribution is 6.22. The highest BCUT2D eigenvalue weighted by Gasteiger charge is 2.08. The highest BCUT2D eigenvalue weighted by atomic mass is 16.4. The first-order valence-electron chi connectivity index (χ1n) is 6.17. The number of carbonyl (C=O) groups is 1. The molecule has 0 aromatic heterocycles. The molecular weight excluding hydrogens is 187 g/mol. The molecule has 15 heavy (non-hydrogen) atoms. The molecule has 2 nitrogen and oxygen atoms in total. The Morgan fingerprint density at radius 2 is 1.53 bits per heavy atom. The van der Waals surface area contributed by atoms with Gasteiger partial charge in [0, 0.05) is 5.82 Å². The van der Waals surface area contributed by atoms with Crippen molar-refractivity contribution in [3.05, 3.63) is 0 Å². The quantitative estimate of drug-likeness (QED) is 0.442. The normalized spacial score (nSPS) is 12.6. The molecule has 0 aliphatic rings. The van der Waals surface area contributed by atoms with Gasteiger partial charge in [0.1, 0.15) is 0 Å². The first kappa shape index (κ1) is 14.5. The van der Waals surface area contributed by atoms with Gasteiger partial charge in [0.05, 0.1) is 7.85 Å². The maximum Gasteiger partial charge on any atom is 0.297 e. The third kappa shape index (κ3) is 9.83. The monoisotopic (exact) mass is 210 g/mol. The summed E-state index contributed by atoms with van der Waals surface area (Å²) < 4.78 is 0. The summed E-state index contributed by atoms with van der Waals surface area (Å²) in [6.07, 6.45) is 10.5. The summed E-state index contributed by atoms with van der Waals surface area (Å²) in [7, 11) is 5.40. The third-order valence-electron chi connectivity index (χ3n) is 2.69. The van der Waals surface area contributed by atoms with Crippen LogP contribution in [-0.4, -0.2) is 18.9 Å². The van der Waals surface area contributed by atoms with Crippen molar-refractivity contribution in [3.8, 4) is 0 Å². The van der Waals surface area contributed by atoms with Gasteiger partial charge in [0.25, 0.3) is 5.97 Å². The van der Waals surface area contributed by atoms with Crippen molar-refractivity contribution in [2.45, 2.75) is 70.5 Å². The van der Waals surface area contributed by atoms with Gasteiger partial charge in [-0.1, -0.05) is 58.3 Å². The molecule has 2 radical (unpaired) electrons. The minimum atomic E-state index is -0.877. The van der Waals surface area contributed by atoms with Crippen molar-refractivity contribution in [2.24, 2.45) is 0 Å². The van der Waals surface area contributed by atoms with E-state index in [-0.39, 0.29) is 0 Å². The zero-order valence-corrected chi connectivity index (χ0v) is 9.87. The van der Waals surface area contributed by atoms with Crippen LogP contribution in [0.1, 0.15) is 64.7 Å². The largest absolute Gasteiger partial charge is 0.482 e. The van der Waals surface area contributed by atoms with Gasteiger partial charge >= 0.3 is 0 Å². The van der Waals surface area contributed by atoms with Crippen molar-refractivity contribution < 1.29 is 9.90 Å². The predicted octanol–water partition coefficient (Wildman–Crippen LogP) is 3.56. The van der Waals surface area contributed by atoms with Crippen LogP contribution < -0.4 is 0 Å². The Morgan fingerprint density at radius 1 is 1.07 bits per heavy atom. The predicted molar refractivity (Wildman–Crippen MR) is 64.4 cm³/mol. The minimum absolute atomic E-state index is 0.615. The Bertz CT molecular complexity index is 160. The Hall–Kier alpha value is -0.465. The second-order valence-corrected chi connectivity index (χ2v) is 4.21. The maximum atomic E-state index is 10.4. The van der Waals surface area contributed by atoms with Crippen molar-refractivity contribution in [1.82, 2.24) is 0 Å². The van der Waals surface area contributed by atoms with Gasteiger partial charge in [-0.05, 0) is 6.42 Å². The molecular formula is C12H23BO2.